The minimum absolute atomic E-state index is 0.633. The fourth-order valence-electron chi connectivity index (χ4n) is 3.17. The molecule has 24 heavy (non-hydrogen) atoms. The summed E-state index contributed by atoms with van der Waals surface area (Å²) in [5, 5.41) is 4.85. The molecule has 0 saturated heterocycles. The molecular formula is C20H22N2O2. The van der Waals surface area contributed by atoms with Crippen LogP contribution in [0.2, 0.25) is 0 Å². The highest BCUT2D eigenvalue weighted by Crippen LogP contribution is 2.30. The molecule has 1 aliphatic rings. The van der Waals surface area contributed by atoms with Gasteiger partial charge in [-0.05, 0) is 48.7 Å². The summed E-state index contributed by atoms with van der Waals surface area (Å²) in [6.45, 7) is 3.12. The molecule has 2 heterocycles. The third-order valence-corrected chi connectivity index (χ3v) is 4.41. The monoisotopic (exact) mass is 322 g/mol. The maximum absolute atomic E-state index is 5.63. The van der Waals surface area contributed by atoms with Crippen molar-refractivity contribution in [2.45, 2.75) is 19.4 Å². The number of hydrogen-bond donors (Lipinski definition) is 2. The maximum atomic E-state index is 5.63. The van der Waals surface area contributed by atoms with Crippen LogP contribution in [0.3, 0.4) is 0 Å². The lowest BCUT2D eigenvalue weighted by molar-refractivity contribution is 0.171. The third kappa shape index (κ3) is 3.24. The summed E-state index contributed by atoms with van der Waals surface area (Å²) in [5.41, 5.74) is 3.84. The zero-order valence-corrected chi connectivity index (χ0v) is 13.7. The van der Waals surface area contributed by atoms with Gasteiger partial charge in [-0.3, -0.25) is 0 Å². The topological polar surface area (TPSA) is 46.3 Å². The van der Waals surface area contributed by atoms with Gasteiger partial charge in [0, 0.05) is 23.6 Å². The van der Waals surface area contributed by atoms with Crippen LogP contribution in [-0.2, 0) is 13.0 Å². The van der Waals surface area contributed by atoms with E-state index >= 15 is 0 Å². The highest BCUT2D eigenvalue weighted by molar-refractivity contribution is 5.82. The van der Waals surface area contributed by atoms with Crippen molar-refractivity contribution in [3.8, 4) is 11.5 Å². The van der Waals surface area contributed by atoms with Gasteiger partial charge in [0.05, 0.1) is 0 Å². The smallest absolute Gasteiger partial charge is 0.161 e. The van der Waals surface area contributed by atoms with Gasteiger partial charge in [0.1, 0.15) is 13.2 Å². The predicted octanol–water partition coefficient (Wildman–Crippen LogP) is 3.66. The molecule has 1 aromatic heterocycles. The number of hydrogen-bond acceptors (Lipinski definition) is 3. The molecule has 4 rings (SSSR count). The number of fused-ring (bicyclic) bond motifs is 2. The third-order valence-electron chi connectivity index (χ3n) is 4.41. The van der Waals surface area contributed by atoms with Gasteiger partial charge in [0.25, 0.3) is 0 Å². The van der Waals surface area contributed by atoms with Crippen molar-refractivity contribution in [3.63, 3.8) is 0 Å². The maximum Gasteiger partial charge on any atom is 0.161 e. The first-order chi connectivity index (χ1) is 11.9. The Labute approximate surface area is 141 Å². The van der Waals surface area contributed by atoms with Gasteiger partial charge in [-0.15, -0.1) is 0 Å². The highest BCUT2D eigenvalue weighted by Gasteiger charge is 2.11. The van der Waals surface area contributed by atoms with Crippen LogP contribution < -0.4 is 14.8 Å². The van der Waals surface area contributed by atoms with Crippen molar-refractivity contribution in [1.82, 2.24) is 10.3 Å². The molecule has 2 N–H and O–H groups in total. The molecule has 0 spiro atoms. The summed E-state index contributed by atoms with van der Waals surface area (Å²) in [6, 6.07) is 14.6. The first kappa shape index (κ1) is 15.1. The highest BCUT2D eigenvalue weighted by atomic mass is 16.6. The fraction of sp³-hybridized carbons (Fsp3) is 0.300. The van der Waals surface area contributed by atoms with Crippen molar-refractivity contribution in [3.05, 3.63) is 59.8 Å². The Morgan fingerprint density at radius 3 is 2.83 bits per heavy atom. The zero-order valence-electron chi connectivity index (χ0n) is 13.7. The Hall–Kier alpha value is -2.46. The molecule has 0 radical (unpaired) electrons. The lowest BCUT2D eigenvalue weighted by Crippen LogP contribution is -2.17. The first-order valence-electron chi connectivity index (χ1n) is 8.54. The average molecular weight is 322 g/mol. The summed E-state index contributed by atoms with van der Waals surface area (Å²) < 4.78 is 11.2. The largest absolute Gasteiger partial charge is 0.486 e. The van der Waals surface area contributed by atoms with E-state index in [1.807, 2.05) is 6.07 Å². The molecule has 4 heteroatoms. The van der Waals surface area contributed by atoms with Crippen LogP contribution in [-0.4, -0.2) is 24.7 Å². The molecular weight excluding hydrogens is 300 g/mol. The molecule has 0 atom stereocenters. The fourth-order valence-corrected chi connectivity index (χ4v) is 3.17. The van der Waals surface area contributed by atoms with Crippen molar-refractivity contribution < 1.29 is 9.47 Å². The zero-order chi connectivity index (χ0) is 16.2. The lowest BCUT2D eigenvalue weighted by atomic mass is 10.1. The SMILES string of the molecule is c1ccc2c(CCCNCc3ccc4c(c3)OCCO4)c[nH]c2c1. The molecule has 2 aromatic carbocycles. The number of H-pyrrole nitrogens is 1. The molecule has 0 amide bonds. The van der Waals surface area contributed by atoms with Crippen LogP contribution in [0.25, 0.3) is 10.9 Å². The van der Waals surface area contributed by atoms with Gasteiger partial charge < -0.3 is 19.8 Å². The van der Waals surface area contributed by atoms with E-state index in [2.05, 4.69) is 52.9 Å². The normalized spacial score (nSPS) is 13.3. The number of aryl methyl sites for hydroxylation is 1. The number of ether oxygens (including phenoxy) is 2. The Morgan fingerprint density at radius 2 is 1.88 bits per heavy atom. The van der Waals surface area contributed by atoms with Crippen molar-refractivity contribution >= 4 is 10.9 Å². The summed E-state index contributed by atoms with van der Waals surface area (Å²) in [6.07, 6.45) is 4.33. The second-order valence-electron chi connectivity index (χ2n) is 6.12. The van der Waals surface area contributed by atoms with Crippen LogP contribution >= 0.6 is 0 Å². The van der Waals surface area contributed by atoms with E-state index in [9.17, 15) is 0 Å². The minimum atomic E-state index is 0.633. The predicted molar refractivity (Wildman–Crippen MR) is 95.8 cm³/mol. The number of rotatable bonds is 6. The Bertz CT molecular complexity index is 825. The number of para-hydroxylation sites is 1. The molecule has 124 valence electrons. The summed E-state index contributed by atoms with van der Waals surface area (Å²) in [7, 11) is 0. The Morgan fingerprint density at radius 1 is 1.00 bits per heavy atom. The van der Waals surface area contributed by atoms with Gasteiger partial charge in [-0.2, -0.15) is 0 Å². The van der Waals surface area contributed by atoms with E-state index in [1.165, 1.54) is 22.0 Å². The van der Waals surface area contributed by atoms with Crippen LogP contribution in [0.15, 0.2) is 48.7 Å². The molecule has 0 fully saturated rings. The van der Waals surface area contributed by atoms with Gasteiger partial charge >= 0.3 is 0 Å². The van der Waals surface area contributed by atoms with Crippen LogP contribution in [0.1, 0.15) is 17.5 Å². The molecule has 0 aliphatic carbocycles. The van der Waals surface area contributed by atoms with E-state index in [0.29, 0.717) is 13.2 Å². The van der Waals surface area contributed by atoms with Crippen molar-refractivity contribution in [2.24, 2.45) is 0 Å². The minimum Gasteiger partial charge on any atom is -0.486 e. The standard InChI is InChI=1S/C20H22N2O2/c1-2-6-18-17(5-1)16(14-22-18)4-3-9-21-13-15-7-8-19-20(12-15)24-11-10-23-19/h1-2,5-8,12,14,21-22H,3-4,9-11,13H2. The summed E-state index contributed by atoms with van der Waals surface area (Å²) >= 11 is 0. The van der Waals surface area contributed by atoms with Crippen molar-refractivity contribution in [1.29, 1.82) is 0 Å². The van der Waals surface area contributed by atoms with E-state index in [-0.39, 0.29) is 0 Å². The van der Waals surface area contributed by atoms with Gasteiger partial charge in [0.2, 0.25) is 0 Å². The van der Waals surface area contributed by atoms with Crippen LogP contribution in [0, 0.1) is 0 Å². The van der Waals surface area contributed by atoms with Gasteiger partial charge in [-0.25, -0.2) is 0 Å². The molecule has 0 unspecified atom stereocenters. The molecule has 1 aliphatic heterocycles. The molecule has 0 saturated carbocycles. The quantitative estimate of drug-likeness (QED) is 0.681. The molecule has 0 bridgehead atoms. The van der Waals surface area contributed by atoms with Crippen molar-refractivity contribution in [2.75, 3.05) is 19.8 Å². The summed E-state index contributed by atoms with van der Waals surface area (Å²) in [5.74, 6) is 1.71. The van der Waals surface area contributed by atoms with E-state index in [0.717, 1.165) is 37.4 Å². The molecule has 3 aromatic rings. The first-order valence-corrected chi connectivity index (χ1v) is 8.54. The Kier molecular flexibility index (Phi) is 4.38. The number of nitrogens with one attached hydrogen (secondary N) is 2. The molecule has 4 nitrogen and oxygen atoms in total. The lowest BCUT2D eigenvalue weighted by Gasteiger charge is -2.19. The van der Waals surface area contributed by atoms with Crippen LogP contribution in [0.5, 0.6) is 11.5 Å². The number of aromatic nitrogens is 1. The van der Waals surface area contributed by atoms with E-state index < -0.39 is 0 Å². The Balaban J connectivity index is 1.26. The van der Waals surface area contributed by atoms with Gasteiger partial charge in [0.15, 0.2) is 11.5 Å². The second kappa shape index (κ2) is 6.97. The average Bonchev–Trinajstić information content (AvgIpc) is 3.05. The summed E-state index contributed by atoms with van der Waals surface area (Å²) in [4.78, 5) is 3.34. The van der Waals surface area contributed by atoms with Gasteiger partial charge in [-0.1, -0.05) is 24.3 Å². The second-order valence-corrected chi connectivity index (χ2v) is 6.12. The van der Waals surface area contributed by atoms with Crippen LogP contribution in [0.4, 0.5) is 0 Å². The number of benzene rings is 2. The van der Waals surface area contributed by atoms with E-state index in [1.54, 1.807) is 0 Å². The number of aromatic amines is 1. The van der Waals surface area contributed by atoms with E-state index in [4.69, 9.17) is 9.47 Å².